The Balaban J connectivity index is 2.48. The monoisotopic (exact) mass is 346 g/mol. The van der Waals surface area contributed by atoms with Gasteiger partial charge >= 0.3 is 11.9 Å². The molecule has 8 nitrogen and oxygen atoms in total. The van der Waals surface area contributed by atoms with Crippen LogP contribution in [0.1, 0.15) is 33.5 Å². The molecule has 0 saturated heterocycles. The molecule has 0 aliphatic rings. The van der Waals surface area contributed by atoms with Crippen LogP contribution < -0.4 is 4.74 Å². The molecule has 0 fully saturated rings. The van der Waals surface area contributed by atoms with Gasteiger partial charge in [-0.15, -0.1) is 0 Å². The number of carbonyl (C=O) groups excluding carboxylic acids is 3. The SMILES string of the molecule is COC(=O)c1nn(CC(C)=O)c(C(=O)OC)c1OCc1ccccc1. The van der Waals surface area contributed by atoms with E-state index < -0.39 is 11.9 Å². The van der Waals surface area contributed by atoms with E-state index >= 15 is 0 Å². The van der Waals surface area contributed by atoms with Gasteiger partial charge < -0.3 is 14.2 Å². The summed E-state index contributed by atoms with van der Waals surface area (Å²) in [5.41, 5.74) is 0.516. The smallest absolute Gasteiger partial charge is 0.362 e. The average molecular weight is 346 g/mol. The van der Waals surface area contributed by atoms with Crippen LogP contribution in [0.5, 0.6) is 5.75 Å². The van der Waals surface area contributed by atoms with E-state index in [2.05, 4.69) is 9.84 Å². The van der Waals surface area contributed by atoms with Gasteiger partial charge in [-0.3, -0.25) is 4.79 Å². The molecule has 0 unspecified atom stereocenters. The molecule has 1 aromatic heterocycles. The average Bonchev–Trinajstić information content (AvgIpc) is 2.96. The van der Waals surface area contributed by atoms with Crippen molar-refractivity contribution in [3.05, 3.63) is 47.3 Å². The summed E-state index contributed by atoms with van der Waals surface area (Å²) in [6.07, 6.45) is 0. The minimum absolute atomic E-state index is 0.0798. The second kappa shape index (κ2) is 8.09. The van der Waals surface area contributed by atoms with Crippen molar-refractivity contribution in [2.45, 2.75) is 20.1 Å². The van der Waals surface area contributed by atoms with Crippen LogP contribution in [-0.4, -0.2) is 41.7 Å². The summed E-state index contributed by atoms with van der Waals surface area (Å²) in [5, 5.41) is 4.00. The van der Waals surface area contributed by atoms with Gasteiger partial charge in [-0.05, 0) is 12.5 Å². The summed E-state index contributed by atoms with van der Waals surface area (Å²) in [7, 11) is 2.37. The predicted octanol–water partition coefficient (Wildman–Crippen LogP) is 1.62. The van der Waals surface area contributed by atoms with Crippen molar-refractivity contribution < 1.29 is 28.6 Å². The highest BCUT2D eigenvalue weighted by molar-refractivity contribution is 5.98. The number of methoxy groups -OCH3 is 2. The maximum atomic E-state index is 12.1. The third-order valence-electron chi connectivity index (χ3n) is 3.26. The van der Waals surface area contributed by atoms with Crippen molar-refractivity contribution in [1.29, 1.82) is 0 Å². The molecule has 0 bridgehead atoms. The van der Waals surface area contributed by atoms with Gasteiger partial charge in [-0.25, -0.2) is 14.3 Å². The Morgan fingerprint density at radius 2 is 1.68 bits per heavy atom. The van der Waals surface area contributed by atoms with Crippen LogP contribution in [0.2, 0.25) is 0 Å². The van der Waals surface area contributed by atoms with Gasteiger partial charge in [-0.2, -0.15) is 5.10 Å². The highest BCUT2D eigenvalue weighted by Gasteiger charge is 2.30. The number of ether oxygens (including phenoxy) is 3. The first-order chi connectivity index (χ1) is 12.0. The largest absolute Gasteiger partial charge is 0.484 e. The summed E-state index contributed by atoms with van der Waals surface area (Å²) in [6.45, 7) is 1.23. The third-order valence-corrected chi connectivity index (χ3v) is 3.26. The molecule has 2 aromatic rings. The molecule has 132 valence electrons. The molecule has 8 heteroatoms. The Bertz CT molecular complexity index is 782. The quantitative estimate of drug-likeness (QED) is 0.703. The number of rotatable bonds is 7. The van der Waals surface area contributed by atoms with Crippen LogP contribution >= 0.6 is 0 Å². The number of aromatic nitrogens is 2. The van der Waals surface area contributed by atoms with E-state index in [0.717, 1.165) is 10.2 Å². The second-order valence-corrected chi connectivity index (χ2v) is 5.14. The summed E-state index contributed by atoms with van der Waals surface area (Å²) in [5.74, 6) is -1.88. The van der Waals surface area contributed by atoms with E-state index in [0.29, 0.717) is 0 Å². The predicted molar refractivity (Wildman–Crippen MR) is 86.4 cm³/mol. The molecule has 0 atom stereocenters. The van der Waals surface area contributed by atoms with Crippen molar-refractivity contribution in [3.63, 3.8) is 0 Å². The van der Waals surface area contributed by atoms with Crippen LogP contribution in [0.4, 0.5) is 0 Å². The number of benzene rings is 1. The molecule has 0 N–H and O–H groups in total. The minimum atomic E-state index is -0.782. The molecule has 0 amide bonds. The number of hydrogen-bond acceptors (Lipinski definition) is 7. The van der Waals surface area contributed by atoms with Crippen LogP contribution in [0.3, 0.4) is 0 Å². The Kier molecular flexibility index (Phi) is 5.89. The zero-order valence-electron chi connectivity index (χ0n) is 14.1. The van der Waals surface area contributed by atoms with Crippen LogP contribution in [0, 0.1) is 0 Å². The highest BCUT2D eigenvalue weighted by Crippen LogP contribution is 2.27. The van der Waals surface area contributed by atoms with E-state index in [1.165, 1.54) is 21.1 Å². The van der Waals surface area contributed by atoms with Crippen molar-refractivity contribution in [2.75, 3.05) is 14.2 Å². The van der Waals surface area contributed by atoms with Crippen LogP contribution in [0.25, 0.3) is 0 Å². The molecule has 25 heavy (non-hydrogen) atoms. The van der Waals surface area contributed by atoms with Crippen molar-refractivity contribution >= 4 is 17.7 Å². The third kappa shape index (κ3) is 4.23. The Labute approximate surface area is 144 Å². The van der Waals surface area contributed by atoms with Gasteiger partial charge in [0.05, 0.1) is 14.2 Å². The first kappa shape index (κ1) is 18.2. The fourth-order valence-corrected chi connectivity index (χ4v) is 2.16. The summed E-state index contributed by atoms with van der Waals surface area (Å²) < 4.78 is 16.2. The number of carbonyl (C=O) groups is 3. The lowest BCUT2D eigenvalue weighted by Crippen LogP contribution is -2.16. The topological polar surface area (TPSA) is 96.7 Å². The Hall–Kier alpha value is -3.16. The molecule has 1 heterocycles. The van der Waals surface area contributed by atoms with E-state index in [4.69, 9.17) is 9.47 Å². The minimum Gasteiger partial charge on any atom is -0.484 e. The lowest BCUT2D eigenvalue weighted by molar-refractivity contribution is -0.117. The first-order valence-corrected chi connectivity index (χ1v) is 7.41. The van der Waals surface area contributed by atoms with E-state index in [-0.39, 0.29) is 36.1 Å². The van der Waals surface area contributed by atoms with Crippen molar-refractivity contribution in [2.24, 2.45) is 0 Å². The molecule has 2 rings (SSSR count). The van der Waals surface area contributed by atoms with Gasteiger partial charge in [0.25, 0.3) is 0 Å². The van der Waals surface area contributed by atoms with Gasteiger partial charge in [-0.1, -0.05) is 30.3 Å². The number of nitrogens with zero attached hydrogens (tertiary/aromatic N) is 2. The maximum absolute atomic E-state index is 12.1. The standard InChI is InChI=1S/C17H18N2O6/c1-11(20)9-19-14(17(22)24-3)15(13(18-19)16(21)23-2)25-10-12-7-5-4-6-8-12/h4-8H,9-10H2,1-3H3. The lowest BCUT2D eigenvalue weighted by atomic mass is 10.2. The van der Waals surface area contributed by atoms with Crippen molar-refractivity contribution in [1.82, 2.24) is 9.78 Å². The second-order valence-electron chi connectivity index (χ2n) is 5.14. The number of ketones is 1. The maximum Gasteiger partial charge on any atom is 0.362 e. The summed E-state index contributed by atoms with van der Waals surface area (Å²) >= 11 is 0. The zero-order chi connectivity index (χ0) is 18.4. The van der Waals surface area contributed by atoms with Gasteiger partial charge in [0.1, 0.15) is 13.2 Å². The number of esters is 2. The molecular weight excluding hydrogens is 328 g/mol. The van der Waals surface area contributed by atoms with E-state index in [1.807, 2.05) is 30.3 Å². The molecule has 1 aromatic carbocycles. The fraction of sp³-hybridized carbons (Fsp3) is 0.294. The molecular formula is C17H18N2O6. The van der Waals surface area contributed by atoms with Gasteiger partial charge in [0.15, 0.2) is 17.2 Å². The van der Waals surface area contributed by atoms with Gasteiger partial charge in [0.2, 0.25) is 5.69 Å². The lowest BCUT2D eigenvalue weighted by Gasteiger charge is -2.09. The van der Waals surface area contributed by atoms with Crippen LogP contribution in [0.15, 0.2) is 30.3 Å². The zero-order valence-corrected chi connectivity index (χ0v) is 14.1. The molecule has 0 saturated carbocycles. The highest BCUT2D eigenvalue weighted by atomic mass is 16.5. The number of Topliss-reactive ketones (excluding diaryl/α,β-unsaturated/α-hetero) is 1. The molecule has 0 radical (unpaired) electrons. The van der Waals surface area contributed by atoms with E-state index in [1.54, 1.807) is 0 Å². The molecule has 0 aliphatic heterocycles. The van der Waals surface area contributed by atoms with E-state index in [9.17, 15) is 14.4 Å². The Morgan fingerprint density at radius 1 is 1.04 bits per heavy atom. The fourth-order valence-electron chi connectivity index (χ4n) is 2.16. The normalized spacial score (nSPS) is 10.2. The van der Waals surface area contributed by atoms with Crippen molar-refractivity contribution in [3.8, 4) is 5.75 Å². The summed E-state index contributed by atoms with van der Waals surface area (Å²) in [6, 6.07) is 9.18. The Morgan fingerprint density at radius 3 is 2.24 bits per heavy atom. The van der Waals surface area contributed by atoms with Gasteiger partial charge in [0, 0.05) is 0 Å². The number of hydrogen-bond donors (Lipinski definition) is 0. The molecule has 0 spiro atoms. The first-order valence-electron chi connectivity index (χ1n) is 7.41. The van der Waals surface area contributed by atoms with Crippen LogP contribution in [-0.2, 0) is 27.4 Å². The summed E-state index contributed by atoms with van der Waals surface area (Å²) in [4.78, 5) is 35.6. The molecule has 0 aliphatic carbocycles.